The molecule has 9 rings (SSSR count). The Hall–Kier alpha value is -1.89. The number of carbonyl (C=O) groups excluding carboxylic acids is 1. The van der Waals surface area contributed by atoms with Crippen LogP contribution in [-0.4, -0.2) is 90.5 Å². The zero-order valence-electron chi connectivity index (χ0n) is 36.8. The minimum atomic E-state index is -0.981. The molecule has 1 aromatic carbocycles. The summed E-state index contributed by atoms with van der Waals surface area (Å²) in [5, 5.41) is 21.6. The Kier molecular flexibility index (Phi) is 11.5. The summed E-state index contributed by atoms with van der Waals surface area (Å²) < 4.78 is 46.4. The lowest BCUT2D eigenvalue weighted by atomic mass is 9.47. The molecule has 8 aliphatic rings. The van der Waals surface area contributed by atoms with Crippen LogP contribution in [0.5, 0.6) is 0 Å². The van der Waals surface area contributed by atoms with Crippen LogP contribution < -0.4 is 0 Å². The lowest BCUT2D eigenvalue weighted by molar-refractivity contribution is -0.355. The van der Waals surface area contributed by atoms with Crippen molar-refractivity contribution in [2.45, 2.75) is 174 Å². The molecule has 59 heavy (non-hydrogen) atoms. The van der Waals surface area contributed by atoms with Gasteiger partial charge in [0.2, 0.25) is 0 Å². The first kappa shape index (κ1) is 42.4. The van der Waals surface area contributed by atoms with Crippen molar-refractivity contribution in [3.8, 4) is 0 Å². The molecule has 4 aliphatic carbocycles. The molecule has 0 amide bonds. The first-order valence-corrected chi connectivity index (χ1v) is 23.4. The summed E-state index contributed by atoms with van der Waals surface area (Å²) in [6.45, 7) is 18.4. The van der Waals surface area contributed by atoms with Gasteiger partial charge >= 0.3 is 5.97 Å². The summed E-state index contributed by atoms with van der Waals surface area (Å²) >= 11 is 0. The van der Waals surface area contributed by atoms with Gasteiger partial charge < -0.3 is 43.4 Å². The average Bonchev–Trinajstić information content (AvgIpc) is 3.68. The zero-order chi connectivity index (χ0) is 41.6. The number of ether oxygens (including phenoxy) is 7. The van der Waals surface area contributed by atoms with E-state index < -0.39 is 48.9 Å². The predicted molar refractivity (Wildman–Crippen MR) is 221 cm³/mol. The van der Waals surface area contributed by atoms with Crippen molar-refractivity contribution in [2.75, 3.05) is 13.2 Å². The molecular weight excluding hydrogens is 749 g/mol. The quantitative estimate of drug-likeness (QED) is 0.206. The number of fused-ring (bicyclic) bond motifs is 7. The minimum Gasteiger partial charge on any atom is -0.453 e. The van der Waals surface area contributed by atoms with Gasteiger partial charge in [-0.3, -0.25) is 0 Å². The topological polar surface area (TPSA) is 122 Å². The van der Waals surface area contributed by atoms with Gasteiger partial charge in [0.05, 0.1) is 43.2 Å². The van der Waals surface area contributed by atoms with Gasteiger partial charge in [-0.1, -0.05) is 78.3 Å². The number of carbonyl (C=O) groups is 1. The Morgan fingerprint density at radius 3 is 2.36 bits per heavy atom. The van der Waals surface area contributed by atoms with Crippen LogP contribution in [0, 0.1) is 64.1 Å². The maximum atomic E-state index is 13.4. The summed E-state index contributed by atoms with van der Waals surface area (Å²) in [5.41, 5.74) is 2.36. The molecule has 328 valence electrons. The van der Waals surface area contributed by atoms with Crippen LogP contribution in [0.1, 0.15) is 124 Å². The van der Waals surface area contributed by atoms with Crippen molar-refractivity contribution < 1.29 is 48.2 Å². The van der Waals surface area contributed by atoms with Crippen LogP contribution >= 0.6 is 0 Å². The standard InChI is InChI=1S/C49H72O10/c1-26-16-21-49(53-25-26)30(5)40-38(59-49)23-37-35-15-14-33-22-34(17-19-47(33,7)36(35)18-20-48(37,40)8)55-46-43(29(4)41(51)39(24-50)56-46)58-45-42(28(3)27(2)31(6)54-45)57-44(52)32-12-10-9-11-13-32/h9-14,26-31,34-43,45-46,50-51H,15-25H2,1-8H3/t26-,27-,28?,29+,30+,31?,34+,35-,36+,37+,38+,39?,40+,41+,42+,43?,45+,46-,47+,48+,49-/m1/s1. The van der Waals surface area contributed by atoms with E-state index >= 15 is 0 Å². The van der Waals surface area contributed by atoms with E-state index in [0.717, 1.165) is 45.1 Å². The molecule has 2 N–H and O–H groups in total. The van der Waals surface area contributed by atoms with Gasteiger partial charge in [-0.25, -0.2) is 4.79 Å². The van der Waals surface area contributed by atoms with Crippen LogP contribution in [0.2, 0.25) is 0 Å². The number of aliphatic hydroxyl groups excluding tert-OH is 2. The summed E-state index contributed by atoms with van der Waals surface area (Å²) in [5.74, 6) is 2.31. The maximum absolute atomic E-state index is 13.4. The lowest BCUT2D eigenvalue weighted by Crippen LogP contribution is -2.60. The van der Waals surface area contributed by atoms with E-state index in [1.54, 1.807) is 12.1 Å². The summed E-state index contributed by atoms with van der Waals surface area (Å²) in [7, 11) is 0. The smallest absolute Gasteiger partial charge is 0.338 e. The molecule has 21 atom stereocenters. The highest BCUT2D eigenvalue weighted by Gasteiger charge is 2.69. The van der Waals surface area contributed by atoms with Crippen molar-refractivity contribution in [2.24, 2.45) is 64.1 Å². The monoisotopic (exact) mass is 821 g/mol. The number of rotatable bonds is 7. The number of aliphatic hydroxyl groups is 2. The molecule has 4 saturated heterocycles. The number of allylic oxidation sites excluding steroid dienone is 1. The number of esters is 1. The third kappa shape index (κ3) is 7.10. The second-order valence-electron chi connectivity index (χ2n) is 21.1. The Morgan fingerprint density at radius 2 is 1.63 bits per heavy atom. The predicted octanol–water partition coefficient (Wildman–Crippen LogP) is 8.08. The number of benzene rings is 1. The largest absolute Gasteiger partial charge is 0.453 e. The lowest BCUT2D eigenvalue weighted by Gasteiger charge is -2.58. The van der Waals surface area contributed by atoms with E-state index in [0.29, 0.717) is 47.2 Å². The third-order valence-electron chi connectivity index (χ3n) is 18.1. The van der Waals surface area contributed by atoms with Crippen LogP contribution in [0.4, 0.5) is 0 Å². The molecule has 0 radical (unpaired) electrons. The second-order valence-corrected chi connectivity index (χ2v) is 21.1. The Labute approximate surface area is 352 Å². The average molecular weight is 821 g/mol. The highest BCUT2D eigenvalue weighted by molar-refractivity contribution is 5.89. The van der Waals surface area contributed by atoms with Gasteiger partial charge in [-0.15, -0.1) is 0 Å². The van der Waals surface area contributed by atoms with Gasteiger partial charge in [-0.2, -0.15) is 0 Å². The van der Waals surface area contributed by atoms with Crippen LogP contribution in [0.15, 0.2) is 42.0 Å². The van der Waals surface area contributed by atoms with Gasteiger partial charge in [-0.05, 0) is 117 Å². The van der Waals surface area contributed by atoms with E-state index in [9.17, 15) is 15.0 Å². The van der Waals surface area contributed by atoms with Crippen molar-refractivity contribution in [3.05, 3.63) is 47.5 Å². The highest BCUT2D eigenvalue weighted by Crippen LogP contribution is 2.70. The molecule has 4 heterocycles. The Bertz CT molecular complexity index is 1690. The molecule has 1 spiro atoms. The van der Waals surface area contributed by atoms with Gasteiger partial charge in [0, 0.05) is 24.2 Å². The Morgan fingerprint density at radius 1 is 0.864 bits per heavy atom. The fourth-order valence-corrected chi connectivity index (χ4v) is 14.1. The zero-order valence-corrected chi connectivity index (χ0v) is 36.8. The molecule has 0 bridgehead atoms. The van der Waals surface area contributed by atoms with Crippen LogP contribution in [0.3, 0.4) is 0 Å². The van der Waals surface area contributed by atoms with Crippen molar-refractivity contribution in [1.82, 2.24) is 0 Å². The number of hydrogen-bond acceptors (Lipinski definition) is 10. The Balaban J connectivity index is 0.903. The first-order chi connectivity index (χ1) is 28.2. The summed E-state index contributed by atoms with van der Waals surface area (Å²) in [6.07, 6.45) is 7.35. The molecule has 4 unspecified atom stereocenters. The molecule has 10 nitrogen and oxygen atoms in total. The normalized spacial score (nSPS) is 51.9. The molecule has 10 heteroatoms. The molecular formula is C49H72O10. The van der Waals surface area contributed by atoms with Crippen molar-refractivity contribution >= 4 is 5.97 Å². The summed E-state index contributed by atoms with van der Waals surface area (Å²) in [4.78, 5) is 13.4. The third-order valence-corrected chi connectivity index (χ3v) is 18.1. The highest BCUT2D eigenvalue weighted by atomic mass is 16.8. The van der Waals surface area contributed by atoms with Crippen LogP contribution in [-0.2, 0) is 33.2 Å². The summed E-state index contributed by atoms with van der Waals surface area (Å²) in [6, 6.07) is 8.97. The molecule has 3 saturated carbocycles. The van der Waals surface area contributed by atoms with Gasteiger partial charge in [0.25, 0.3) is 0 Å². The van der Waals surface area contributed by atoms with E-state index in [1.807, 2.05) is 32.0 Å². The molecule has 7 fully saturated rings. The van der Waals surface area contributed by atoms with E-state index in [-0.39, 0.29) is 47.3 Å². The maximum Gasteiger partial charge on any atom is 0.338 e. The first-order valence-electron chi connectivity index (χ1n) is 23.4. The van der Waals surface area contributed by atoms with Crippen molar-refractivity contribution in [1.29, 1.82) is 0 Å². The van der Waals surface area contributed by atoms with Gasteiger partial charge in [0.1, 0.15) is 12.2 Å². The molecule has 4 aliphatic heterocycles. The van der Waals surface area contributed by atoms with Crippen molar-refractivity contribution in [3.63, 3.8) is 0 Å². The minimum absolute atomic E-state index is 0.0623. The fraction of sp³-hybridized carbons (Fsp3) is 0.816. The molecule has 1 aromatic rings. The fourth-order valence-electron chi connectivity index (χ4n) is 14.1. The van der Waals surface area contributed by atoms with E-state index in [4.69, 9.17) is 33.2 Å². The SMILES string of the molecule is CC1O[C@@H](OC2[C@H](O[C@H]3CC[C@@]4(C)C(=CC[C@H]5[C@@H]6C[C@@H]7O[C@]8(CC[C@@H](C)CO8)[C@@H](C)[C@@H]7[C@@]6(C)CC[C@@H]54)C3)OC(CO)[C@@H](O)[C@@H]2C)[C@@H](OC(=O)c2ccccc2)C(C)[C@H]1C. The second kappa shape index (κ2) is 16.0. The van der Waals surface area contributed by atoms with Gasteiger partial charge in [0.15, 0.2) is 24.5 Å². The van der Waals surface area contributed by atoms with E-state index in [2.05, 4.69) is 47.6 Å². The molecule has 0 aromatic heterocycles. The number of hydrogen-bond donors (Lipinski definition) is 2. The van der Waals surface area contributed by atoms with Crippen LogP contribution in [0.25, 0.3) is 0 Å². The van der Waals surface area contributed by atoms with E-state index in [1.165, 1.54) is 24.8 Å².